The van der Waals surface area contributed by atoms with Gasteiger partial charge in [-0.1, -0.05) is 29.8 Å². The maximum Gasteiger partial charge on any atom is 0.253 e. The highest BCUT2D eigenvalue weighted by Gasteiger charge is 2.23. The molecule has 2 aromatic carbocycles. The number of nitrogens with one attached hydrogen (secondary N) is 1. The summed E-state index contributed by atoms with van der Waals surface area (Å²) >= 11 is 7.53. The van der Waals surface area contributed by atoms with E-state index in [0.29, 0.717) is 43.3 Å². The molecular formula is C22H24ClN3O2S. The molecule has 5 nitrogen and oxygen atoms in total. The Bertz CT molecular complexity index is 865. The van der Waals surface area contributed by atoms with Crippen molar-refractivity contribution in [2.24, 2.45) is 0 Å². The van der Waals surface area contributed by atoms with Gasteiger partial charge in [0, 0.05) is 47.4 Å². The summed E-state index contributed by atoms with van der Waals surface area (Å²) in [6.45, 7) is 6.57. The van der Waals surface area contributed by atoms with Crippen LogP contribution in [0.5, 0.6) is 0 Å². The largest absolute Gasteiger partial charge is 0.336 e. The van der Waals surface area contributed by atoms with Crippen LogP contribution in [0.2, 0.25) is 5.02 Å². The van der Waals surface area contributed by atoms with Crippen molar-refractivity contribution in [3.05, 3.63) is 71.8 Å². The van der Waals surface area contributed by atoms with Crippen LogP contribution in [-0.4, -0.2) is 60.1 Å². The molecule has 2 aromatic rings. The molecule has 1 heterocycles. The summed E-state index contributed by atoms with van der Waals surface area (Å²) in [6.07, 6.45) is 1.84. The Balaban J connectivity index is 1.49. The Kier molecular flexibility index (Phi) is 7.75. The van der Waals surface area contributed by atoms with Gasteiger partial charge >= 0.3 is 0 Å². The van der Waals surface area contributed by atoms with Crippen molar-refractivity contribution in [2.45, 2.75) is 4.90 Å². The second-order valence-corrected chi connectivity index (χ2v) is 8.22. The van der Waals surface area contributed by atoms with E-state index in [-0.39, 0.29) is 11.8 Å². The number of amides is 2. The van der Waals surface area contributed by atoms with E-state index in [9.17, 15) is 9.59 Å². The van der Waals surface area contributed by atoms with Crippen LogP contribution in [0.3, 0.4) is 0 Å². The van der Waals surface area contributed by atoms with Gasteiger partial charge < -0.3 is 10.2 Å². The van der Waals surface area contributed by atoms with E-state index in [1.165, 1.54) is 0 Å². The highest BCUT2D eigenvalue weighted by atomic mass is 35.5. The topological polar surface area (TPSA) is 52.7 Å². The number of thioether (sulfide) groups is 1. The average molecular weight is 430 g/mol. The Morgan fingerprint density at radius 1 is 1.07 bits per heavy atom. The summed E-state index contributed by atoms with van der Waals surface area (Å²) in [4.78, 5) is 30.0. The minimum atomic E-state index is -0.0471. The van der Waals surface area contributed by atoms with Gasteiger partial charge in [0.15, 0.2) is 0 Å². The molecule has 1 saturated heterocycles. The van der Waals surface area contributed by atoms with Gasteiger partial charge in [-0.05, 0) is 36.4 Å². The van der Waals surface area contributed by atoms with E-state index in [1.54, 1.807) is 36.0 Å². The quantitative estimate of drug-likeness (QED) is 0.533. The summed E-state index contributed by atoms with van der Waals surface area (Å²) in [5, 5.41) is 3.62. The molecule has 0 atom stereocenters. The first-order chi connectivity index (χ1) is 14.1. The number of benzene rings is 2. The molecule has 1 fully saturated rings. The van der Waals surface area contributed by atoms with Crippen molar-refractivity contribution < 1.29 is 9.59 Å². The van der Waals surface area contributed by atoms with Gasteiger partial charge in [-0.25, -0.2) is 0 Å². The molecule has 1 aliphatic rings. The number of para-hydroxylation sites is 1. The molecule has 1 aliphatic heterocycles. The lowest BCUT2D eigenvalue weighted by Gasteiger charge is -2.34. The van der Waals surface area contributed by atoms with Crippen molar-refractivity contribution in [2.75, 3.05) is 43.8 Å². The predicted octanol–water partition coefficient (Wildman–Crippen LogP) is 4.01. The van der Waals surface area contributed by atoms with Gasteiger partial charge in [0.2, 0.25) is 5.91 Å². The van der Waals surface area contributed by atoms with E-state index in [1.807, 2.05) is 35.2 Å². The number of nitrogens with zero attached hydrogens (tertiary/aromatic N) is 2. The molecule has 3 rings (SSSR count). The zero-order valence-corrected chi connectivity index (χ0v) is 17.7. The number of rotatable bonds is 7. The van der Waals surface area contributed by atoms with Crippen LogP contribution in [0, 0.1) is 0 Å². The van der Waals surface area contributed by atoms with E-state index < -0.39 is 0 Å². The summed E-state index contributed by atoms with van der Waals surface area (Å²) in [6, 6.07) is 14.7. The number of piperazine rings is 1. The number of hydrogen-bond donors (Lipinski definition) is 1. The van der Waals surface area contributed by atoms with E-state index in [4.69, 9.17) is 11.6 Å². The van der Waals surface area contributed by atoms with Crippen LogP contribution < -0.4 is 5.32 Å². The van der Waals surface area contributed by atoms with Crippen LogP contribution in [-0.2, 0) is 4.79 Å². The molecule has 0 spiro atoms. The van der Waals surface area contributed by atoms with E-state index in [0.717, 1.165) is 16.3 Å². The SMILES string of the molecule is C=CCSc1ccccc1NC(=O)CN1CCN(C(=O)c2ccc(Cl)cc2)CC1. The van der Waals surface area contributed by atoms with Crippen LogP contribution in [0.25, 0.3) is 0 Å². The standard InChI is InChI=1S/C22H24ClN3O2S/c1-2-15-29-20-6-4-3-5-19(20)24-21(27)16-25-11-13-26(14-12-25)22(28)17-7-9-18(23)10-8-17/h2-10H,1,11-16H2,(H,24,27). The van der Waals surface area contributed by atoms with Crippen molar-refractivity contribution >= 4 is 40.9 Å². The maximum atomic E-state index is 12.6. The third-order valence-corrected chi connectivity index (χ3v) is 5.96. The van der Waals surface area contributed by atoms with Crippen LogP contribution >= 0.6 is 23.4 Å². The first-order valence-corrected chi connectivity index (χ1v) is 10.8. The van der Waals surface area contributed by atoms with Crippen LogP contribution in [0.15, 0.2) is 66.1 Å². The first-order valence-electron chi connectivity index (χ1n) is 9.46. The summed E-state index contributed by atoms with van der Waals surface area (Å²) < 4.78 is 0. The highest BCUT2D eigenvalue weighted by Crippen LogP contribution is 2.26. The fourth-order valence-corrected chi connectivity index (χ4v) is 3.99. The van der Waals surface area contributed by atoms with Gasteiger partial charge in [0.05, 0.1) is 12.2 Å². The smallest absolute Gasteiger partial charge is 0.253 e. The molecule has 0 saturated carbocycles. The minimum Gasteiger partial charge on any atom is -0.336 e. The average Bonchev–Trinajstić information content (AvgIpc) is 2.73. The summed E-state index contributed by atoms with van der Waals surface area (Å²) in [5.41, 5.74) is 1.45. The third kappa shape index (κ3) is 6.10. The number of hydrogen-bond acceptors (Lipinski definition) is 4. The zero-order valence-electron chi connectivity index (χ0n) is 16.1. The molecule has 0 bridgehead atoms. The molecule has 0 aliphatic carbocycles. The number of carbonyl (C=O) groups is 2. The number of carbonyl (C=O) groups excluding carboxylic acids is 2. The molecule has 7 heteroatoms. The molecule has 152 valence electrons. The summed E-state index contributed by atoms with van der Waals surface area (Å²) in [7, 11) is 0. The summed E-state index contributed by atoms with van der Waals surface area (Å²) in [5.74, 6) is 0.740. The van der Waals surface area contributed by atoms with Gasteiger partial charge in [-0.3, -0.25) is 14.5 Å². The minimum absolute atomic E-state index is 0.000982. The first kappa shape index (κ1) is 21.4. The van der Waals surface area contributed by atoms with Crippen LogP contribution in [0.1, 0.15) is 10.4 Å². The fourth-order valence-electron chi connectivity index (χ4n) is 3.12. The maximum absolute atomic E-state index is 12.6. The normalized spacial score (nSPS) is 14.4. The van der Waals surface area contributed by atoms with Crippen molar-refractivity contribution in [3.63, 3.8) is 0 Å². The Hall–Kier alpha value is -2.28. The van der Waals surface area contributed by atoms with Crippen molar-refractivity contribution in [1.82, 2.24) is 9.80 Å². The fraction of sp³-hybridized carbons (Fsp3) is 0.273. The second kappa shape index (κ2) is 10.5. The second-order valence-electron chi connectivity index (χ2n) is 6.72. The monoisotopic (exact) mass is 429 g/mol. The Morgan fingerprint density at radius 2 is 1.76 bits per heavy atom. The molecule has 2 amide bonds. The molecule has 0 aromatic heterocycles. The lowest BCUT2D eigenvalue weighted by Crippen LogP contribution is -2.50. The Labute approximate surface area is 180 Å². The van der Waals surface area contributed by atoms with Gasteiger partial charge in [-0.15, -0.1) is 18.3 Å². The lowest BCUT2D eigenvalue weighted by atomic mass is 10.2. The van der Waals surface area contributed by atoms with Gasteiger partial charge in [-0.2, -0.15) is 0 Å². The van der Waals surface area contributed by atoms with E-state index >= 15 is 0 Å². The predicted molar refractivity (Wildman–Crippen MR) is 120 cm³/mol. The molecule has 1 N–H and O–H groups in total. The number of halogens is 1. The zero-order chi connectivity index (χ0) is 20.6. The van der Waals surface area contributed by atoms with Gasteiger partial charge in [0.25, 0.3) is 5.91 Å². The van der Waals surface area contributed by atoms with E-state index in [2.05, 4.69) is 16.8 Å². The van der Waals surface area contributed by atoms with Crippen molar-refractivity contribution in [1.29, 1.82) is 0 Å². The lowest BCUT2D eigenvalue weighted by molar-refractivity contribution is -0.117. The number of anilines is 1. The highest BCUT2D eigenvalue weighted by molar-refractivity contribution is 7.99. The molecule has 29 heavy (non-hydrogen) atoms. The molecule has 0 radical (unpaired) electrons. The molecule has 0 unspecified atom stereocenters. The Morgan fingerprint density at radius 3 is 2.45 bits per heavy atom. The van der Waals surface area contributed by atoms with Crippen LogP contribution in [0.4, 0.5) is 5.69 Å². The third-order valence-electron chi connectivity index (χ3n) is 4.64. The van der Waals surface area contributed by atoms with Crippen molar-refractivity contribution in [3.8, 4) is 0 Å². The van der Waals surface area contributed by atoms with Gasteiger partial charge in [0.1, 0.15) is 0 Å². The molecular weight excluding hydrogens is 406 g/mol.